The van der Waals surface area contributed by atoms with Gasteiger partial charge in [-0.3, -0.25) is 9.89 Å². The summed E-state index contributed by atoms with van der Waals surface area (Å²) in [5, 5.41) is 7.40. The highest BCUT2D eigenvalue weighted by Gasteiger charge is 2.32. The molecule has 2 aromatic rings. The number of aromatic nitrogens is 2. The number of nitrogens with one attached hydrogen (secondary N) is 1. The van der Waals surface area contributed by atoms with Crippen LogP contribution in [0.3, 0.4) is 0 Å². The zero-order chi connectivity index (χ0) is 16.7. The van der Waals surface area contributed by atoms with Gasteiger partial charge in [-0.25, -0.2) is 0 Å². The summed E-state index contributed by atoms with van der Waals surface area (Å²) in [5.41, 5.74) is 4.80. The van der Waals surface area contributed by atoms with E-state index < -0.39 is 0 Å². The first-order chi connectivity index (χ1) is 11.6. The first-order valence-corrected chi connectivity index (χ1v) is 8.77. The Morgan fingerprint density at radius 2 is 2.12 bits per heavy atom. The summed E-state index contributed by atoms with van der Waals surface area (Å²) in [7, 11) is 0. The maximum atomic E-state index is 13.3. The van der Waals surface area contributed by atoms with Gasteiger partial charge in [0.25, 0.3) is 5.91 Å². The molecule has 2 aliphatic rings. The predicted molar refractivity (Wildman–Crippen MR) is 92.3 cm³/mol. The number of para-hydroxylation sites is 1. The number of fused-ring (bicyclic) bond motifs is 2. The molecule has 0 fully saturated rings. The molecular formula is C19H23N3O2. The quantitative estimate of drug-likeness (QED) is 0.874. The number of hydrogen-bond donors (Lipinski definition) is 1. The van der Waals surface area contributed by atoms with Crippen molar-refractivity contribution in [1.82, 2.24) is 10.2 Å². The van der Waals surface area contributed by atoms with Crippen LogP contribution in [0, 0.1) is 0 Å². The lowest BCUT2D eigenvalue weighted by molar-refractivity contribution is -0.00696. The Labute approximate surface area is 142 Å². The third-order valence-electron chi connectivity index (χ3n) is 5.04. The van der Waals surface area contributed by atoms with Crippen LogP contribution < -0.4 is 4.90 Å². The average Bonchev–Trinajstić information content (AvgIpc) is 2.87. The van der Waals surface area contributed by atoms with Gasteiger partial charge in [0.15, 0.2) is 5.69 Å². The van der Waals surface area contributed by atoms with E-state index in [1.807, 2.05) is 36.9 Å². The lowest BCUT2D eigenvalue weighted by atomic mass is 9.99. The van der Waals surface area contributed by atoms with Gasteiger partial charge >= 0.3 is 0 Å². The number of anilines is 1. The standard InChI is InChI=1S/C19H23N3O2/c1-12-11-15-17(13(2)24-12)20-21-18(15)19(23)22-10-6-5-8-14-7-3-4-9-16(14)22/h3-4,7,9,12-13H,5-6,8,10-11H2,1-2H3,(H,20,21)/t12-,13+/m1/s1. The Morgan fingerprint density at radius 1 is 1.29 bits per heavy atom. The van der Waals surface area contributed by atoms with Gasteiger partial charge in [-0.2, -0.15) is 5.10 Å². The predicted octanol–water partition coefficient (Wildman–Crippen LogP) is 3.42. The fourth-order valence-corrected chi connectivity index (χ4v) is 3.88. The summed E-state index contributed by atoms with van der Waals surface area (Å²) in [5.74, 6) is 0.00292. The molecule has 0 bridgehead atoms. The van der Waals surface area contributed by atoms with E-state index in [2.05, 4.69) is 16.3 Å². The van der Waals surface area contributed by atoms with Gasteiger partial charge in [0.05, 0.1) is 17.9 Å². The van der Waals surface area contributed by atoms with Crippen molar-refractivity contribution >= 4 is 11.6 Å². The first-order valence-electron chi connectivity index (χ1n) is 8.77. The molecule has 2 aliphatic heterocycles. The molecule has 1 aromatic heterocycles. The SMILES string of the molecule is C[C@@H]1Cc2c(C(=O)N3CCCCc4ccccc43)n[nH]c2[C@H](C)O1. The molecule has 1 amide bonds. The Balaban J connectivity index is 1.73. The van der Waals surface area contributed by atoms with Crippen molar-refractivity contribution < 1.29 is 9.53 Å². The highest BCUT2D eigenvalue weighted by atomic mass is 16.5. The van der Waals surface area contributed by atoms with E-state index in [4.69, 9.17) is 4.74 Å². The maximum Gasteiger partial charge on any atom is 0.279 e. The third-order valence-corrected chi connectivity index (χ3v) is 5.04. The van der Waals surface area contributed by atoms with Crippen LogP contribution in [0.1, 0.15) is 60.1 Å². The molecule has 0 radical (unpaired) electrons. The fourth-order valence-electron chi connectivity index (χ4n) is 3.88. The monoisotopic (exact) mass is 325 g/mol. The van der Waals surface area contributed by atoms with Crippen LogP contribution in [0.2, 0.25) is 0 Å². The summed E-state index contributed by atoms with van der Waals surface area (Å²) < 4.78 is 5.83. The summed E-state index contributed by atoms with van der Waals surface area (Å²) in [4.78, 5) is 15.2. The third kappa shape index (κ3) is 2.53. The number of hydrogen-bond acceptors (Lipinski definition) is 3. The minimum Gasteiger partial charge on any atom is -0.369 e. The second kappa shape index (κ2) is 6.06. The normalized spacial score (nSPS) is 23.3. The van der Waals surface area contributed by atoms with E-state index in [0.29, 0.717) is 5.69 Å². The molecule has 126 valence electrons. The zero-order valence-electron chi connectivity index (χ0n) is 14.2. The molecule has 5 heteroatoms. The van der Waals surface area contributed by atoms with Crippen LogP contribution in [-0.2, 0) is 17.6 Å². The smallest absolute Gasteiger partial charge is 0.279 e. The number of benzene rings is 1. The van der Waals surface area contributed by atoms with E-state index in [-0.39, 0.29) is 18.1 Å². The zero-order valence-corrected chi connectivity index (χ0v) is 14.2. The van der Waals surface area contributed by atoms with Crippen molar-refractivity contribution in [2.75, 3.05) is 11.4 Å². The number of nitrogens with zero attached hydrogens (tertiary/aromatic N) is 2. The second-order valence-electron chi connectivity index (χ2n) is 6.80. The van der Waals surface area contributed by atoms with Crippen LogP contribution in [0.4, 0.5) is 5.69 Å². The van der Waals surface area contributed by atoms with Gasteiger partial charge < -0.3 is 9.64 Å². The van der Waals surface area contributed by atoms with Crippen molar-refractivity contribution in [2.24, 2.45) is 0 Å². The Bertz CT molecular complexity index is 768. The minimum atomic E-state index is -0.0470. The molecule has 5 nitrogen and oxygen atoms in total. The minimum absolute atomic E-state index is 0.00292. The van der Waals surface area contributed by atoms with Crippen molar-refractivity contribution in [3.63, 3.8) is 0 Å². The van der Waals surface area contributed by atoms with Crippen molar-refractivity contribution in [3.05, 3.63) is 46.8 Å². The molecule has 0 aliphatic carbocycles. The van der Waals surface area contributed by atoms with Crippen LogP contribution >= 0.6 is 0 Å². The van der Waals surface area contributed by atoms with E-state index in [1.54, 1.807) is 0 Å². The van der Waals surface area contributed by atoms with Gasteiger partial charge in [-0.1, -0.05) is 18.2 Å². The van der Waals surface area contributed by atoms with Crippen molar-refractivity contribution in [3.8, 4) is 0 Å². The molecule has 24 heavy (non-hydrogen) atoms. The molecule has 1 aromatic carbocycles. The first kappa shape index (κ1) is 15.4. The summed E-state index contributed by atoms with van der Waals surface area (Å²) >= 11 is 0. The summed E-state index contributed by atoms with van der Waals surface area (Å²) in [6.45, 7) is 4.79. The van der Waals surface area contributed by atoms with Gasteiger partial charge in [0.1, 0.15) is 0 Å². The average molecular weight is 325 g/mol. The largest absolute Gasteiger partial charge is 0.369 e. The topological polar surface area (TPSA) is 58.2 Å². The van der Waals surface area contributed by atoms with Crippen molar-refractivity contribution in [2.45, 2.75) is 51.7 Å². The van der Waals surface area contributed by atoms with E-state index in [1.165, 1.54) is 5.56 Å². The van der Waals surface area contributed by atoms with Gasteiger partial charge in [0, 0.05) is 24.2 Å². The molecule has 3 heterocycles. The maximum absolute atomic E-state index is 13.3. The van der Waals surface area contributed by atoms with Gasteiger partial charge in [-0.05, 0) is 44.7 Å². The van der Waals surface area contributed by atoms with Crippen LogP contribution in [-0.4, -0.2) is 28.8 Å². The molecule has 0 saturated carbocycles. The Morgan fingerprint density at radius 3 is 3.00 bits per heavy atom. The molecule has 2 atom stereocenters. The van der Waals surface area contributed by atoms with Gasteiger partial charge in [0.2, 0.25) is 0 Å². The number of H-pyrrole nitrogens is 1. The molecule has 0 unspecified atom stereocenters. The Kier molecular flexibility index (Phi) is 3.88. The molecule has 0 spiro atoms. The molecule has 0 saturated heterocycles. The number of aryl methyl sites for hydroxylation is 1. The van der Waals surface area contributed by atoms with E-state index >= 15 is 0 Å². The van der Waals surface area contributed by atoms with Crippen molar-refractivity contribution in [1.29, 1.82) is 0 Å². The van der Waals surface area contributed by atoms with E-state index in [0.717, 1.165) is 49.2 Å². The molecular weight excluding hydrogens is 302 g/mol. The fraction of sp³-hybridized carbons (Fsp3) is 0.474. The molecule has 4 rings (SSSR count). The van der Waals surface area contributed by atoms with E-state index in [9.17, 15) is 4.79 Å². The van der Waals surface area contributed by atoms with Gasteiger partial charge in [-0.15, -0.1) is 0 Å². The van der Waals surface area contributed by atoms with Crippen LogP contribution in [0.5, 0.6) is 0 Å². The summed E-state index contributed by atoms with van der Waals surface area (Å²) in [6, 6.07) is 8.22. The van der Waals surface area contributed by atoms with Crippen LogP contribution in [0.25, 0.3) is 0 Å². The number of carbonyl (C=O) groups excluding carboxylic acids is 1. The number of amides is 1. The molecule has 1 N–H and O–H groups in total. The summed E-state index contributed by atoms with van der Waals surface area (Å²) in [6.07, 6.45) is 3.94. The highest BCUT2D eigenvalue weighted by molar-refractivity contribution is 6.06. The highest BCUT2D eigenvalue weighted by Crippen LogP contribution is 2.32. The lowest BCUT2D eigenvalue weighted by Crippen LogP contribution is -2.33. The van der Waals surface area contributed by atoms with Crippen LogP contribution in [0.15, 0.2) is 24.3 Å². The number of carbonyl (C=O) groups is 1. The number of ether oxygens (including phenoxy) is 1. The number of rotatable bonds is 1. The second-order valence-corrected chi connectivity index (χ2v) is 6.80. The number of aromatic amines is 1. The lowest BCUT2D eigenvalue weighted by Gasteiger charge is -2.26. The Hall–Kier alpha value is -2.14.